The van der Waals surface area contributed by atoms with Crippen LogP contribution in [0.5, 0.6) is 0 Å². The predicted molar refractivity (Wildman–Crippen MR) is 180 cm³/mol. The van der Waals surface area contributed by atoms with Crippen molar-refractivity contribution in [1.29, 1.82) is 0 Å². The van der Waals surface area contributed by atoms with E-state index in [1.165, 1.54) is 33.4 Å². The summed E-state index contributed by atoms with van der Waals surface area (Å²) >= 11 is 0. The Morgan fingerprint density at radius 2 is 0.698 bits per heavy atom. The Kier molecular flexibility index (Phi) is 6.08. The van der Waals surface area contributed by atoms with Crippen molar-refractivity contribution in [2.24, 2.45) is 0 Å². The van der Waals surface area contributed by atoms with Crippen LogP contribution in [0.15, 0.2) is 152 Å². The molecule has 0 aromatic heterocycles. The SMILES string of the molecule is OB(O)c1ccc2c3c(cccc13)-c1c(-c3ccccc3)c(-c3ccccc3)c(-c3ccccc3)c(-c3ccccc3)c1-2. The van der Waals surface area contributed by atoms with Crippen LogP contribution in [-0.4, -0.2) is 17.2 Å². The molecule has 0 heterocycles. The fraction of sp³-hybridized carbons (Fsp3) is 0. The van der Waals surface area contributed by atoms with E-state index in [0.29, 0.717) is 5.46 Å². The average molecular weight is 550 g/mol. The summed E-state index contributed by atoms with van der Waals surface area (Å²) in [5.41, 5.74) is 14.4. The first-order valence-electron chi connectivity index (χ1n) is 14.6. The van der Waals surface area contributed by atoms with E-state index in [-0.39, 0.29) is 0 Å². The maximum atomic E-state index is 10.3. The highest BCUT2D eigenvalue weighted by molar-refractivity contribution is 6.62. The number of rotatable bonds is 5. The van der Waals surface area contributed by atoms with E-state index in [1.807, 2.05) is 18.2 Å². The van der Waals surface area contributed by atoms with E-state index in [0.717, 1.165) is 44.2 Å². The normalized spacial score (nSPS) is 11.5. The highest BCUT2D eigenvalue weighted by atomic mass is 16.4. The van der Waals surface area contributed by atoms with Crippen LogP contribution in [0.1, 0.15) is 0 Å². The topological polar surface area (TPSA) is 40.5 Å². The first kappa shape index (κ1) is 25.5. The lowest BCUT2D eigenvalue weighted by Crippen LogP contribution is -2.30. The van der Waals surface area contributed by atoms with Crippen LogP contribution in [0.2, 0.25) is 0 Å². The van der Waals surface area contributed by atoms with Gasteiger partial charge in [0.25, 0.3) is 0 Å². The Morgan fingerprint density at radius 3 is 1.09 bits per heavy atom. The first-order chi connectivity index (χ1) is 21.2. The molecule has 0 radical (unpaired) electrons. The van der Waals surface area contributed by atoms with Crippen LogP contribution in [0.3, 0.4) is 0 Å². The van der Waals surface area contributed by atoms with Gasteiger partial charge in [-0.3, -0.25) is 0 Å². The molecule has 8 rings (SSSR count). The molecule has 0 bridgehead atoms. The van der Waals surface area contributed by atoms with Gasteiger partial charge in [0.1, 0.15) is 0 Å². The zero-order valence-corrected chi connectivity index (χ0v) is 23.4. The molecule has 0 aliphatic heterocycles. The molecular weight excluding hydrogens is 523 g/mol. The Morgan fingerprint density at radius 1 is 0.326 bits per heavy atom. The summed E-state index contributed by atoms with van der Waals surface area (Å²) in [5, 5.41) is 22.6. The van der Waals surface area contributed by atoms with E-state index in [1.54, 1.807) is 0 Å². The second-order valence-corrected chi connectivity index (χ2v) is 11.0. The van der Waals surface area contributed by atoms with E-state index < -0.39 is 7.12 Å². The molecular formula is C40H27BO2. The van der Waals surface area contributed by atoms with Gasteiger partial charge in [0, 0.05) is 0 Å². The molecule has 2 nitrogen and oxygen atoms in total. The van der Waals surface area contributed by atoms with Gasteiger partial charge in [-0.25, -0.2) is 0 Å². The Bertz CT molecular complexity index is 2010. The summed E-state index contributed by atoms with van der Waals surface area (Å²) in [4.78, 5) is 0. The minimum Gasteiger partial charge on any atom is -0.423 e. The van der Waals surface area contributed by atoms with Gasteiger partial charge in [0.2, 0.25) is 0 Å². The van der Waals surface area contributed by atoms with E-state index in [9.17, 15) is 10.0 Å². The number of benzene rings is 7. The van der Waals surface area contributed by atoms with Gasteiger partial charge in [-0.2, -0.15) is 0 Å². The van der Waals surface area contributed by atoms with Gasteiger partial charge in [-0.15, -0.1) is 0 Å². The minimum atomic E-state index is -1.56. The quantitative estimate of drug-likeness (QED) is 0.210. The third kappa shape index (κ3) is 3.98. The maximum Gasteiger partial charge on any atom is 0.489 e. The molecule has 0 amide bonds. The van der Waals surface area contributed by atoms with Crippen LogP contribution in [0.25, 0.3) is 77.5 Å². The third-order valence-electron chi connectivity index (χ3n) is 8.64. The summed E-state index contributed by atoms with van der Waals surface area (Å²) in [5.74, 6) is 0. The first-order valence-corrected chi connectivity index (χ1v) is 14.6. The summed E-state index contributed by atoms with van der Waals surface area (Å²) in [6.07, 6.45) is 0. The van der Waals surface area contributed by atoms with Crippen molar-refractivity contribution < 1.29 is 10.0 Å². The van der Waals surface area contributed by atoms with Gasteiger partial charge >= 0.3 is 7.12 Å². The van der Waals surface area contributed by atoms with Gasteiger partial charge in [0.05, 0.1) is 0 Å². The summed E-state index contributed by atoms with van der Waals surface area (Å²) in [6.45, 7) is 0. The summed E-state index contributed by atoms with van der Waals surface area (Å²) < 4.78 is 0. The van der Waals surface area contributed by atoms with Crippen molar-refractivity contribution >= 4 is 23.4 Å². The van der Waals surface area contributed by atoms with Crippen molar-refractivity contribution in [3.8, 4) is 66.8 Å². The van der Waals surface area contributed by atoms with Crippen LogP contribution >= 0.6 is 0 Å². The maximum absolute atomic E-state index is 10.3. The van der Waals surface area contributed by atoms with Crippen molar-refractivity contribution in [3.63, 3.8) is 0 Å². The molecule has 1 aliphatic carbocycles. The Hall–Kier alpha value is -5.22. The highest BCUT2D eigenvalue weighted by Crippen LogP contribution is 2.60. The van der Waals surface area contributed by atoms with Gasteiger partial charge in [0.15, 0.2) is 0 Å². The molecule has 0 fully saturated rings. The molecule has 43 heavy (non-hydrogen) atoms. The number of hydrogen-bond acceptors (Lipinski definition) is 2. The molecule has 2 N–H and O–H groups in total. The lowest BCUT2D eigenvalue weighted by Gasteiger charge is -2.26. The molecule has 0 atom stereocenters. The van der Waals surface area contributed by atoms with E-state index >= 15 is 0 Å². The fourth-order valence-electron chi connectivity index (χ4n) is 6.93. The summed E-state index contributed by atoms with van der Waals surface area (Å²) in [6, 6.07) is 52.9. The van der Waals surface area contributed by atoms with Crippen LogP contribution in [-0.2, 0) is 0 Å². The van der Waals surface area contributed by atoms with Gasteiger partial charge in [-0.05, 0) is 83.0 Å². The molecule has 0 saturated heterocycles. The van der Waals surface area contributed by atoms with Crippen molar-refractivity contribution in [2.45, 2.75) is 0 Å². The standard InChI is InChI=1S/C40H27BO2/c42-41(43)33-25-24-32-38-30(33)22-13-23-31(38)39-36(28-18-9-3-10-19-28)34(26-14-5-1-6-15-26)35(27-16-7-2-8-17-27)37(40(32)39)29-20-11-4-12-21-29/h1-25,42-43H. The Balaban J connectivity index is 1.67. The van der Waals surface area contributed by atoms with Crippen molar-refractivity contribution in [2.75, 3.05) is 0 Å². The number of fused-ring (bicyclic) bond motifs is 3. The molecule has 202 valence electrons. The predicted octanol–water partition coefficient (Wildman–Crippen LogP) is 8.84. The van der Waals surface area contributed by atoms with Crippen LogP contribution in [0.4, 0.5) is 0 Å². The smallest absolute Gasteiger partial charge is 0.423 e. The zero-order chi connectivity index (χ0) is 28.9. The monoisotopic (exact) mass is 550 g/mol. The molecule has 3 heteroatoms. The number of hydrogen-bond donors (Lipinski definition) is 2. The highest BCUT2D eigenvalue weighted by Gasteiger charge is 2.34. The van der Waals surface area contributed by atoms with Crippen LogP contribution in [0, 0.1) is 0 Å². The molecule has 7 aromatic rings. The second kappa shape index (κ2) is 10.3. The zero-order valence-electron chi connectivity index (χ0n) is 23.4. The Labute approximate surface area is 251 Å². The lowest BCUT2D eigenvalue weighted by atomic mass is 9.75. The largest absolute Gasteiger partial charge is 0.489 e. The second-order valence-electron chi connectivity index (χ2n) is 11.0. The minimum absolute atomic E-state index is 0.516. The molecule has 0 unspecified atom stereocenters. The molecule has 0 saturated carbocycles. The van der Waals surface area contributed by atoms with E-state index in [4.69, 9.17) is 0 Å². The molecule has 0 spiro atoms. The molecule has 7 aromatic carbocycles. The van der Waals surface area contributed by atoms with Crippen molar-refractivity contribution in [1.82, 2.24) is 0 Å². The van der Waals surface area contributed by atoms with Gasteiger partial charge < -0.3 is 10.0 Å². The summed E-state index contributed by atoms with van der Waals surface area (Å²) in [7, 11) is -1.56. The average Bonchev–Trinajstić information content (AvgIpc) is 3.40. The lowest BCUT2D eigenvalue weighted by molar-refractivity contribution is 0.426. The van der Waals surface area contributed by atoms with Crippen LogP contribution < -0.4 is 5.46 Å². The van der Waals surface area contributed by atoms with Crippen molar-refractivity contribution in [3.05, 3.63) is 152 Å². The third-order valence-corrected chi connectivity index (χ3v) is 8.64. The molecule has 1 aliphatic rings. The van der Waals surface area contributed by atoms with Gasteiger partial charge in [-0.1, -0.05) is 152 Å². The fourth-order valence-corrected chi connectivity index (χ4v) is 6.93. The van der Waals surface area contributed by atoms with E-state index in [2.05, 4.69) is 133 Å².